The summed E-state index contributed by atoms with van der Waals surface area (Å²) in [6.07, 6.45) is 0. The van der Waals surface area contributed by atoms with Crippen molar-refractivity contribution in [1.29, 1.82) is 0 Å². The lowest BCUT2D eigenvalue weighted by Gasteiger charge is -2.22. The van der Waals surface area contributed by atoms with Gasteiger partial charge in [-0.3, -0.25) is 0 Å². The molecule has 0 bridgehead atoms. The van der Waals surface area contributed by atoms with Crippen LogP contribution in [0.4, 0.5) is 0 Å². The van der Waals surface area contributed by atoms with E-state index in [-0.39, 0.29) is 5.41 Å². The lowest BCUT2D eigenvalue weighted by Crippen LogP contribution is -2.14. The SMILES string of the molecule is CC1(C)c2ccccc2-c2ccc(-c3cccc(-c4ccc(-c5cc(-c6cccc(-c7ccccc7)c6)nc(-c6ccc(-c7ccccc7)cc6)n5)cc4)c3)cc21. The molecule has 0 N–H and O–H groups in total. The fourth-order valence-electron chi connectivity index (χ4n) is 8.40. The van der Waals surface area contributed by atoms with E-state index in [4.69, 9.17) is 9.97 Å². The molecule has 0 atom stereocenters. The quantitative estimate of drug-likeness (QED) is 0.163. The largest absolute Gasteiger partial charge is 0.228 e. The Kier molecular flexibility index (Phi) is 8.53. The Morgan fingerprint density at radius 1 is 0.281 bits per heavy atom. The fourth-order valence-corrected chi connectivity index (χ4v) is 8.40. The Labute approximate surface area is 334 Å². The zero-order chi connectivity index (χ0) is 38.3. The number of hydrogen-bond donors (Lipinski definition) is 0. The molecule has 10 rings (SSSR count). The summed E-state index contributed by atoms with van der Waals surface area (Å²) in [7, 11) is 0. The maximum Gasteiger partial charge on any atom is 0.160 e. The Morgan fingerprint density at radius 3 is 1.35 bits per heavy atom. The van der Waals surface area contributed by atoms with Crippen LogP contribution in [0.2, 0.25) is 0 Å². The van der Waals surface area contributed by atoms with E-state index >= 15 is 0 Å². The summed E-state index contributed by atoms with van der Waals surface area (Å²) < 4.78 is 0. The molecule has 2 nitrogen and oxygen atoms in total. The summed E-state index contributed by atoms with van der Waals surface area (Å²) in [4.78, 5) is 10.4. The molecule has 1 heterocycles. The van der Waals surface area contributed by atoms with Crippen LogP contribution in [0.25, 0.3) is 89.5 Å². The predicted octanol–water partition coefficient (Wildman–Crippen LogP) is 14.5. The van der Waals surface area contributed by atoms with Crippen molar-refractivity contribution in [3.8, 4) is 89.5 Å². The zero-order valence-corrected chi connectivity index (χ0v) is 32.0. The average Bonchev–Trinajstić information content (AvgIpc) is 3.52. The molecule has 0 saturated heterocycles. The number of benzene rings is 8. The molecule has 2 heteroatoms. The van der Waals surface area contributed by atoms with Gasteiger partial charge in [-0.15, -0.1) is 0 Å². The van der Waals surface area contributed by atoms with E-state index in [0.29, 0.717) is 5.82 Å². The van der Waals surface area contributed by atoms with Crippen molar-refractivity contribution in [3.63, 3.8) is 0 Å². The molecule has 0 amide bonds. The second kappa shape index (κ2) is 14.2. The van der Waals surface area contributed by atoms with Crippen molar-refractivity contribution < 1.29 is 0 Å². The van der Waals surface area contributed by atoms with Gasteiger partial charge in [0, 0.05) is 22.1 Å². The number of hydrogen-bond acceptors (Lipinski definition) is 2. The van der Waals surface area contributed by atoms with Crippen molar-refractivity contribution in [1.82, 2.24) is 9.97 Å². The van der Waals surface area contributed by atoms with Crippen LogP contribution in [0.15, 0.2) is 206 Å². The van der Waals surface area contributed by atoms with E-state index < -0.39 is 0 Å². The molecule has 1 aliphatic carbocycles. The third kappa shape index (κ3) is 6.46. The predicted molar refractivity (Wildman–Crippen MR) is 238 cm³/mol. The highest BCUT2D eigenvalue weighted by Crippen LogP contribution is 2.49. The molecular weight excluding hydrogens is 689 g/mol. The summed E-state index contributed by atoms with van der Waals surface area (Å²) in [5.74, 6) is 0.699. The summed E-state index contributed by atoms with van der Waals surface area (Å²) in [6, 6.07) is 73.8. The van der Waals surface area contributed by atoms with E-state index in [1.54, 1.807) is 0 Å². The molecule has 0 fully saturated rings. The Morgan fingerprint density at radius 2 is 0.684 bits per heavy atom. The third-order valence-corrected chi connectivity index (χ3v) is 11.5. The number of nitrogens with zero attached hydrogens (tertiary/aromatic N) is 2. The molecule has 270 valence electrons. The van der Waals surface area contributed by atoms with Gasteiger partial charge < -0.3 is 0 Å². The first-order chi connectivity index (χ1) is 28.0. The van der Waals surface area contributed by atoms with Gasteiger partial charge in [0.25, 0.3) is 0 Å². The Hall–Kier alpha value is -7.16. The molecule has 9 aromatic rings. The van der Waals surface area contributed by atoms with Gasteiger partial charge in [0.1, 0.15) is 0 Å². The van der Waals surface area contributed by atoms with Gasteiger partial charge in [-0.2, -0.15) is 0 Å². The molecule has 0 spiro atoms. The van der Waals surface area contributed by atoms with Crippen LogP contribution in [-0.4, -0.2) is 9.97 Å². The van der Waals surface area contributed by atoms with E-state index in [1.165, 1.54) is 50.1 Å². The Bertz CT molecular complexity index is 2890. The first-order valence-electron chi connectivity index (χ1n) is 19.6. The first kappa shape index (κ1) is 34.3. The molecule has 0 unspecified atom stereocenters. The summed E-state index contributed by atoms with van der Waals surface area (Å²) in [5.41, 5.74) is 19.8. The van der Waals surface area contributed by atoms with Gasteiger partial charge in [-0.05, 0) is 91.0 Å². The lowest BCUT2D eigenvalue weighted by molar-refractivity contribution is 0.660. The van der Waals surface area contributed by atoms with Gasteiger partial charge in [0.15, 0.2) is 5.82 Å². The van der Waals surface area contributed by atoms with Crippen LogP contribution in [0.3, 0.4) is 0 Å². The van der Waals surface area contributed by atoms with Crippen LogP contribution in [-0.2, 0) is 5.41 Å². The molecule has 1 aliphatic rings. The van der Waals surface area contributed by atoms with E-state index in [9.17, 15) is 0 Å². The van der Waals surface area contributed by atoms with Crippen LogP contribution < -0.4 is 0 Å². The molecule has 0 aliphatic heterocycles. The van der Waals surface area contributed by atoms with Gasteiger partial charge in [0.05, 0.1) is 11.4 Å². The molecule has 1 aromatic heterocycles. The van der Waals surface area contributed by atoms with Crippen LogP contribution in [0.1, 0.15) is 25.0 Å². The van der Waals surface area contributed by atoms with Crippen molar-refractivity contribution >= 4 is 0 Å². The zero-order valence-electron chi connectivity index (χ0n) is 32.0. The highest BCUT2D eigenvalue weighted by molar-refractivity contribution is 5.85. The molecule has 57 heavy (non-hydrogen) atoms. The maximum absolute atomic E-state index is 5.18. The van der Waals surface area contributed by atoms with Crippen molar-refractivity contribution in [3.05, 3.63) is 217 Å². The topological polar surface area (TPSA) is 25.8 Å². The van der Waals surface area contributed by atoms with Gasteiger partial charge in [0.2, 0.25) is 0 Å². The van der Waals surface area contributed by atoms with Crippen LogP contribution in [0.5, 0.6) is 0 Å². The second-order valence-corrected chi connectivity index (χ2v) is 15.4. The fraction of sp³-hybridized carbons (Fsp3) is 0.0545. The monoisotopic (exact) mass is 728 g/mol. The smallest absolute Gasteiger partial charge is 0.160 e. The van der Waals surface area contributed by atoms with Crippen LogP contribution in [0, 0.1) is 0 Å². The standard InChI is InChI=1S/C55H40N2/c1-55(2)50-22-10-9-21-48(50)49-32-31-46(35-51(49)55)45-19-11-17-43(33-45)40-23-27-41(28-24-40)52-36-53(47-20-12-18-44(34-47)38-15-7-4-8-16-38)57-54(56-52)42-29-25-39(26-30-42)37-13-5-3-6-14-37/h3-36H,1-2H3. The maximum atomic E-state index is 5.18. The van der Waals surface area contributed by atoms with Gasteiger partial charge >= 0.3 is 0 Å². The van der Waals surface area contributed by atoms with Gasteiger partial charge in [-0.25, -0.2) is 9.97 Å². The van der Waals surface area contributed by atoms with Crippen molar-refractivity contribution in [2.75, 3.05) is 0 Å². The van der Waals surface area contributed by atoms with Gasteiger partial charge in [-0.1, -0.05) is 196 Å². The van der Waals surface area contributed by atoms with E-state index in [1.807, 2.05) is 6.07 Å². The summed E-state index contributed by atoms with van der Waals surface area (Å²) in [5, 5.41) is 0. The third-order valence-electron chi connectivity index (χ3n) is 11.5. The van der Waals surface area contributed by atoms with Crippen LogP contribution >= 0.6 is 0 Å². The number of fused-ring (bicyclic) bond motifs is 3. The minimum atomic E-state index is -0.0353. The summed E-state index contributed by atoms with van der Waals surface area (Å²) >= 11 is 0. The normalized spacial score (nSPS) is 12.5. The Balaban J connectivity index is 0.998. The molecule has 0 radical (unpaired) electrons. The highest BCUT2D eigenvalue weighted by atomic mass is 14.9. The van der Waals surface area contributed by atoms with E-state index in [0.717, 1.165) is 44.8 Å². The minimum Gasteiger partial charge on any atom is -0.228 e. The van der Waals surface area contributed by atoms with E-state index in [2.05, 4.69) is 214 Å². The second-order valence-electron chi connectivity index (χ2n) is 15.4. The molecule has 8 aromatic carbocycles. The molecule has 0 saturated carbocycles. The lowest BCUT2D eigenvalue weighted by atomic mass is 9.81. The molecular formula is C55H40N2. The first-order valence-corrected chi connectivity index (χ1v) is 19.6. The average molecular weight is 729 g/mol. The van der Waals surface area contributed by atoms with Crippen molar-refractivity contribution in [2.45, 2.75) is 19.3 Å². The van der Waals surface area contributed by atoms with Crippen molar-refractivity contribution in [2.24, 2.45) is 0 Å². The minimum absolute atomic E-state index is 0.0353. The highest BCUT2D eigenvalue weighted by Gasteiger charge is 2.35. The summed E-state index contributed by atoms with van der Waals surface area (Å²) in [6.45, 7) is 4.68. The number of rotatable bonds is 7. The number of aromatic nitrogens is 2.